The fraction of sp³-hybridized carbons (Fsp3) is 0.348. The zero-order valence-electron chi connectivity index (χ0n) is 17.4. The molecule has 4 rings (SSSR count). The zero-order valence-corrected chi connectivity index (χ0v) is 18.2. The molecule has 1 N–H and O–H groups in total. The Hall–Kier alpha value is -2.90. The number of halogens is 1. The van der Waals surface area contributed by atoms with Crippen LogP contribution in [0.15, 0.2) is 42.6 Å². The highest BCUT2D eigenvalue weighted by Crippen LogP contribution is 2.28. The number of aromatic nitrogens is 3. The summed E-state index contributed by atoms with van der Waals surface area (Å²) in [6, 6.07) is 11.0. The molecule has 0 unspecified atom stereocenters. The summed E-state index contributed by atoms with van der Waals surface area (Å²) in [4.78, 5) is 17.5. The summed E-state index contributed by atoms with van der Waals surface area (Å²) in [6.07, 6.45) is 6.59. The van der Waals surface area contributed by atoms with Gasteiger partial charge in [0.2, 0.25) is 5.88 Å². The molecule has 0 aliphatic heterocycles. The third kappa shape index (κ3) is 4.89. The van der Waals surface area contributed by atoms with Crippen molar-refractivity contribution in [2.45, 2.75) is 32.1 Å². The minimum atomic E-state index is -0.268. The van der Waals surface area contributed by atoms with E-state index < -0.39 is 0 Å². The summed E-state index contributed by atoms with van der Waals surface area (Å²) in [5.41, 5.74) is 3.94. The first kappa shape index (κ1) is 21.3. The van der Waals surface area contributed by atoms with Crippen LogP contribution in [-0.2, 0) is 17.6 Å². The smallest absolute Gasteiger partial charge is 0.276 e. The van der Waals surface area contributed by atoms with Gasteiger partial charge in [-0.2, -0.15) is 5.10 Å². The summed E-state index contributed by atoms with van der Waals surface area (Å²) in [6.45, 7) is 0.778. The predicted octanol–water partition coefficient (Wildman–Crippen LogP) is 4.47. The molecule has 1 aliphatic rings. The second-order valence-electron chi connectivity index (χ2n) is 7.37. The monoisotopic (exact) mass is 440 g/mol. The number of nitrogens with zero attached hydrogens (tertiary/aromatic N) is 3. The van der Waals surface area contributed by atoms with Gasteiger partial charge < -0.3 is 14.8 Å². The molecule has 0 radical (unpaired) electrons. The average molecular weight is 441 g/mol. The highest BCUT2D eigenvalue weighted by Gasteiger charge is 2.25. The Bertz CT molecular complexity index is 1050. The number of anilines is 1. The second kappa shape index (κ2) is 9.94. The molecular weight excluding hydrogens is 416 g/mol. The molecule has 162 valence electrons. The summed E-state index contributed by atoms with van der Waals surface area (Å²) in [5, 5.41) is 8.31. The van der Waals surface area contributed by atoms with Crippen LogP contribution in [0.3, 0.4) is 0 Å². The lowest BCUT2D eigenvalue weighted by atomic mass is 10.1. The molecule has 0 saturated heterocycles. The van der Waals surface area contributed by atoms with E-state index in [0.29, 0.717) is 35.5 Å². The van der Waals surface area contributed by atoms with Gasteiger partial charge in [0.25, 0.3) is 5.91 Å². The number of hydrogen-bond donors (Lipinski definition) is 1. The number of fused-ring (bicyclic) bond motifs is 1. The van der Waals surface area contributed by atoms with Crippen LogP contribution in [0.5, 0.6) is 5.88 Å². The quantitative estimate of drug-likeness (QED) is 0.433. The van der Waals surface area contributed by atoms with Gasteiger partial charge in [-0.1, -0.05) is 18.0 Å². The molecule has 0 saturated carbocycles. The Kier molecular flexibility index (Phi) is 6.84. The van der Waals surface area contributed by atoms with Crippen LogP contribution in [0.4, 0.5) is 5.69 Å². The van der Waals surface area contributed by atoms with Crippen molar-refractivity contribution in [1.82, 2.24) is 14.8 Å². The number of hydrogen-bond acceptors (Lipinski definition) is 5. The Morgan fingerprint density at radius 1 is 1.13 bits per heavy atom. The van der Waals surface area contributed by atoms with Gasteiger partial charge in [0.05, 0.1) is 12.3 Å². The van der Waals surface area contributed by atoms with Gasteiger partial charge in [-0.3, -0.25) is 4.79 Å². The molecule has 0 atom stereocenters. The third-order valence-electron chi connectivity index (χ3n) is 5.26. The maximum atomic E-state index is 13.3. The van der Waals surface area contributed by atoms with Crippen LogP contribution in [0.2, 0.25) is 5.02 Å². The second-order valence-corrected chi connectivity index (χ2v) is 7.81. The van der Waals surface area contributed by atoms with Crippen LogP contribution < -0.4 is 10.1 Å². The number of pyridine rings is 1. The summed E-state index contributed by atoms with van der Waals surface area (Å²) < 4.78 is 12.5. The fourth-order valence-electron chi connectivity index (χ4n) is 3.76. The van der Waals surface area contributed by atoms with Crippen LogP contribution >= 0.6 is 11.6 Å². The largest absolute Gasteiger partial charge is 0.474 e. The maximum absolute atomic E-state index is 13.3. The fourth-order valence-corrected chi connectivity index (χ4v) is 3.88. The van der Waals surface area contributed by atoms with Gasteiger partial charge in [-0.05, 0) is 62.1 Å². The molecule has 2 aromatic heterocycles. The van der Waals surface area contributed by atoms with Crippen molar-refractivity contribution in [3.8, 4) is 11.6 Å². The van der Waals surface area contributed by atoms with E-state index in [2.05, 4.69) is 10.3 Å². The lowest BCUT2D eigenvalue weighted by Gasteiger charge is -2.10. The number of nitrogens with one attached hydrogen (secondary N) is 1. The van der Waals surface area contributed by atoms with E-state index in [-0.39, 0.29) is 5.91 Å². The van der Waals surface area contributed by atoms with Gasteiger partial charge in [0.15, 0.2) is 5.69 Å². The highest BCUT2D eigenvalue weighted by molar-refractivity contribution is 6.30. The van der Waals surface area contributed by atoms with E-state index in [4.69, 9.17) is 26.2 Å². The van der Waals surface area contributed by atoms with E-state index in [1.165, 1.54) is 0 Å². The Balaban J connectivity index is 1.65. The van der Waals surface area contributed by atoms with Crippen LogP contribution in [0.25, 0.3) is 5.69 Å². The number of benzene rings is 1. The van der Waals surface area contributed by atoms with Gasteiger partial charge >= 0.3 is 0 Å². The molecule has 7 nitrogen and oxygen atoms in total. The molecule has 1 amide bonds. The minimum absolute atomic E-state index is 0.268. The zero-order chi connectivity index (χ0) is 21.6. The Morgan fingerprint density at radius 2 is 1.94 bits per heavy atom. The lowest BCUT2D eigenvalue weighted by molar-refractivity contribution is 0.102. The van der Waals surface area contributed by atoms with Crippen molar-refractivity contribution in [2.24, 2.45) is 0 Å². The normalized spacial score (nSPS) is 13.4. The van der Waals surface area contributed by atoms with Crippen LogP contribution in [0, 0.1) is 0 Å². The first-order chi connectivity index (χ1) is 15.2. The molecule has 3 aromatic rings. The van der Waals surface area contributed by atoms with Gasteiger partial charge in [0, 0.05) is 29.6 Å². The first-order valence-corrected chi connectivity index (χ1v) is 10.8. The SMILES string of the molecule is COCCOc1ncccc1NC(=O)c1nn(-c2ccc(Cl)cc2)c2c1CCCCC2. The Labute approximate surface area is 186 Å². The van der Waals surface area contributed by atoms with Crippen molar-refractivity contribution in [3.63, 3.8) is 0 Å². The average Bonchev–Trinajstić information content (AvgIpc) is 2.97. The summed E-state index contributed by atoms with van der Waals surface area (Å²) >= 11 is 6.06. The molecule has 0 fully saturated rings. The van der Waals surface area contributed by atoms with E-state index in [9.17, 15) is 4.79 Å². The van der Waals surface area contributed by atoms with Gasteiger partial charge in [-0.15, -0.1) is 0 Å². The van der Waals surface area contributed by atoms with Gasteiger partial charge in [0.1, 0.15) is 12.3 Å². The van der Waals surface area contributed by atoms with E-state index >= 15 is 0 Å². The van der Waals surface area contributed by atoms with Crippen molar-refractivity contribution in [1.29, 1.82) is 0 Å². The molecule has 8 heteroatoms. The highest BCUT2D eigenvalue weighted by atomic mass is 35.5. The number of amides is 1. The van der Waals surface area contributed by atoms with E-state index in [0.717, 1.165) is 49.0 Å². The molecular formula is C23H25ClN4O3. The number of methoxy groups -OCH3 is 1. The molecule has 1 aliphatic carbocycles. The molecule has 2 heterocycles. The summed E-state index contributed by atoms with van der Waals surface area (Å²) in [7, 11) is 1.60. The van der Waals surface area contributed by atoms with Crippen molar-refractivity contribution >= 4 is 23.2 Å². The number of carbonyl (C=O) groups is 1. The van der Waals surface area contributed by atoms with Crippen LogP contribution in [0.1, 0.15) is 41.0 Å². The first-order valence-electron chi connectivity index (χ1n) is 10.4. The van der Waals surface area contributed by atoms with Crippen LogP contribution in [-0.4, -0.2) is 41.0 Å². The number of ether oxygens (including phenoxy) is 2. The van der Waals surface area contributed by atoms with E-state index in [1.807, 2.05) is 28.9 Å². The van der Waals surface area contributed by atoms with Crippen molar-refractivity contribution in [3.05, 3.63) is 64.6 Å². The van der Waals surface area contributed by atoms with Crippen molar-refractivity contribution < 1.29 is 14.3 Å². The lowest BCUT2D eigenvalue weighted by Crippen LogP contribution is -2.16. The van der Waals surface area contributed by atoms with Gasteiger partial charge in [-0.25, -0.2) is 9.67 Å². The standard InChI is InChI=1S/C23H25ClN4O3/c1-30-14-15-31-23-19(7-5-13-25-23)26-22(29)21-18-6-3-2-4-8-20(18)28(27-21)17-11-9-16(24)10-12-17/h5,7,9-13H,2-4,6,8,14-15H2,1H3,(H,26,29). The molecule has 31 heavy (non-hydrogen) atoms. The topological polar surface area (TPSA) is 78.3 Å². The number of rotatable bonds is 7. The Morgan fingerprint density at radius 3 is 2.74 bits per heavy atom. The van der Waals surface area contributed by atoms with Crippen molar-refractivity contribution in [2.75, 3.05) is 25.6 Å². The number of carbonyl (C=O) groups excluding carboxylic acids is 1. The third-order valence-corrected chi connectivity index (χ3v) is 5.51. The molecule has 1 aromatic carbocycles. The predicted molar refractivity (Wildman–Crippen MR) is 119 cm³/mol. The molecule has 0 bridgehead atoms. The van der Waals surface area contributed by atoms with E-state index in [1.54, 1.807) is 25.4 Å². The minimum Gasteiger partial charge on any atom is -0.474 e. The maximum Gasteiger partial charge on any atom is 0.276 e. The molecule has 0 spiro atoms. The summed E-state index contributed by atoms with van der Waals surface area (Å²) in [5.74, 6) is 0.0894.